The predicted molar refractivity (Wildman–Crippen MR) is 55.3 cm³/mol. The van der Waals surface area contributed by atoms with Crippen LogP contribution in [0.4, 0.5) is 4.79 Å². The zero-order valence-corrected chi connectivity index (χ0v) is 13.1. The molecular weight excluding hydrogens is 289 g/mol. The van der Waals surface area contributed by atoms with Crippen molar-refractivity contribution in [3.63, 3.8) is 0 Å². The van der Waals surface area contributed by atoms with E-state index in [1.807, 2.05) is 0 Å². The van der Waals surface area contributed by atoms with E-state index in [2.05, 4.69) is 4.28 Å². The minimum atomic E-state index is -5.06. The minimum absolute atomic E-state index is 0. The summed E-state index contributed by atoms with van der Waals surface area (Å²) in [5.41, 5.74) is 5.66. The molecule has 2 rings (SSSR count). The molecule has 19 heavy (non-hydrogen) atoms. The molecule has 0 aliphatic carbocycles. The van der Waals surface area contributed by atoms with Gasteiger partial charge in [0.15, 0.2) is 0 Å². The van der Waals surface area contributed by atoms with Gasteiger partial charge in [-0.25, -0.2) is 13.2 Å². The number of hydroxylamine groups is 2. The molecule has 0 aromatic rings. The molecule has 9 nitrogen and oxygen atoms in total. The van der Waals surface area contributed by atoms with Gasteiger partial charge in [0, 0.05) is 0 Å². The van der Waals surface area contributed by atoms with Crippen molar-refractivity contribution in [2.75, 3.05) is 6.54 Å². The summed E-state index contributed by atoms with van der Waals surface area (Å²) in [6, 6.07) is -2.55. The van der Waals surface area contributed by atoms with E-state index in [-0.39, 0.29) is 36.1 Å². The Balaban J connectivity index is 0.00000180. The Morgan fingerprint density at radius 1 is 1.58 bits per heavy atom. The molecule has 2 bridgehead atoms. The van der Waals surface area contributed by atoms with Crippen molar-refractivity contribution in [3.05, 3.63) is 11.6 Å². The maximum Gasteiger partial charge on any atom is 1.00 e. The van der Waals surface area contributed by atoms with Crippen LogP contribution in [0.25, 0.3) is 0 Å². The molecule has 0 spiro atoms. The second-order valence-corrected chi connectivity index (χ2v) is 4.98. The van der Waals surface area contributed by atoms with Crippen LogP contribution in [0.2, 0.25) is 0 Å². The van der Waals surface area contributed by atoms with Gasteiger partial charge >= 0.3 is 35.6 Å². The van der Waals surface area contributed by atoms with Crippen molar-refractivity contribution >= 4 is 22.3 Å². The van der Waals surface area contributed by atoms with Crippen LogP contribution in [-0.2, 0) is 19.5 Å². The first-order chi connectivity index (χ1) is 8.20. The summed E-state index contributed by atoms with van der Waals surface area (Å²) in [6.45, 7) is 1.63. The Bertz CT molecular complexity index is 547. The largest absolute Gasteiger partial charge is 1.00 e. The molecule has 2 aliphatic heterocycles. The second-order valence-electron chi connectivity index (χ2n) is 4.02. The van der Waals surface area contributed by atoms with Crippen molar-refractivity contribution in [1.29, 1.82) is 0 Å². The number of amides is 3. The number of rotatable bonds is 3. The molecule has 3 amide bonds. The molecule has 2 aliphatic rings. The van der Waals surface area contributed by atoms with Crippen molar-refractivity contribution in [2.45, 2.75) is 19.0 Å². The van der Waals surface area contributed by atoms with Gasteiger partial charge in [0.05, 0.1) is 6.54 Å². The number of primary amides is 1. The topological polar surface area (TPSA) is 133 Å². The molecule has 0 unspecified atom stereocenters. The number of hydrogen-bond donors (Lipinski definition) is 1. The second kappa shape index (κ2) is 5.38. The Kier molecular flexibility index (Phi) is 4.65. The summed E-state index contributed by atoms with van der Waals surface area (Å²) in [5.74, 6) is -0.743. The first-order valence-corrected chi connectivity index (χ1v) is 6.27. The predicted octanol–water partition coefficient (Wildman–Crippen LogP) is -4.70. The Morgan fingerprint density at radius 3 is 2.63 bits per heavy atom. The van der Waals surface area contributed by atoms with Crippen LogP contribution >= 0.6 is 0 Å². The van der Waals surface area contributed by atoms with Gasteiger partial charge < -0.3 is 15.2 Å². The summed E-state index contributed by atoms with van der Waals surface area (Å²) < 4.78 is 35.7. The fourth-order valence-corrected chi connectivity index (χ4v) is 2.39. The average Bonchev–Trinajstić information content (AvgIpc) is 2.47. The number of nitrogens with zero attached hydrogens (tertiary/aromatic N) is 2. The van der Waals surface area contributed by atoms with Crippen molar-refractivity contribution < 1.29 is 56.4 Å². The third-order valence-corrected chi connectivity index (χ3v) is 3.18. The maximum atomic E-state index is 11.8. The fraction of sp³-hybridized carbons (Fsp3) is 0.500. The SMILES string of the molecule is CC1=C[C@@H](C(N)=O)N2C[C@@H]1N(OS(=O)(=O)[O-])C2=O.[Na+]. The molecule has 2 heterocycles. The maximum absolute atomic E-state index is 11.8. The third-order valence-electron chi connectivity index (χ3n) is 2.83. The average molecular weight is 299 g/mol. The minimum Gasteiger partial charge on any atom is -0.724 e. The van der Waals surface area contributed by atoms with E-state index in [4.69, 9.17) is 5.73 Å². The quantitative estimate of drug-likeness (QED) is 0.241. The molecule has 0 radical (unpaired) electrons. The van der Waals surface area contributed by atoms with Crippen LogP contribution < -0.4 is 35.3 Å². The zero-order chi connectivity index (χ0) is 13.7. The molecule has 1 saturated heterocycles. The summed E-state index contributed by atoms with van der Waals surface area (Å²) in [4.78, 5) is 24.0. The summed E-state index contributed by atoms with van der Waals surface area (Å²) in [5, 5.41) is 0.455. The Labute approximate surface area is 131 Å². The van der Waals surface area contributed by atoms with E-state index >= 15 is 0 Å². The van der Waals surface area contributed by atoms with Crippen LogP contribution in [-0.4, -0.2) is 53.5 Å². The Morgan fingerprint density at radius 2 is 2.16 bits per heavy atom. The summed E-state index contributed by atoms with van der Waals surface area (Å²) in [7, 11) is -5.06. The van der Waals surface area contributed by atoms with Crippen LogP contribution in [0.3, 0.4) is 0 Å². The van der Waals surface area contributed by atoms with E-state index < -0.39 is 34.4 Å². The summed E-state index contributed by atoms with van der Waals surface area (Å²) in [6.07, 6.45) is 1.44. The molecule has 100 valence electrons. The first kappa shape index (κ1) is 16.4. The van der Waals surface area contributed by atoms with E-state index in [0.29, 0.717) is 10.6 Å². The monoisotopic (exact) mass is 299 g/mol. The van der Waals surface area contributed by atoms with E-state index in [1.165, 1.54) is 6.08 Å². The smallest absolute Gasteiger partial charge is 0.724 e. The molecule has 1 fully saturated rings. The van der Waals surface area contributed by atoms with Gasteiger partial charge in [-0.15, -0.1) is 0 Å². The van der Waals surface area contributed by atoms with Crippen LogP contribution in [0.15, 0.2) is 11.6 Å². The first-order valence-electron chi connectivity index (χ1n) is 4.93. The standard InChI is InChI=1S/C8H11N3O6S.Na/c1-4-2-5(7(9)12)10-3-6(4)11(8(10)13)17-18(14,15)16;/h2,5-6H,3H2,1H3,(H2,9,12)(H,14,15,16);/q;+1/p-1/t5-,6-;/m0./s1. The normalized spacial score (nSPS) is 26.0. The van der Waals surface area contributed by atoms with Gasteiger partial charge in [-0.3, -0.25) is 4.79 Å². The van der Waals surface area contributed by atoms with Crippen molar-refractivity contribution in [3.8, 4) is 0 Å². The molecule has 0 aromatic carbocycles. The zero-order valence-electron chi connectivity index (χ0n) is 10.3. The van der Waals surface area contributed by atoms with Gasteiger partial charge in [-0.1, -0.05) is 6.08 Å². The van der Waals surface area contributed by atoms with Crippen molar-refractivity contribution in [1.82, 2.24) is 9.96 Å². The van der Waals surface area contributed by atoms with Crippen molar-refractivity contribution in [2.24, 2.45) is 5.73 Å². The number of carbonyl (C=O) groups excluding carboxylic acids is 2. The van der Waals surface area contributed by atoms with Crippen LogP contribution in [0.5, 0.6) is 0 Å². The number of fused-ring (bicyclic) bond motifs is 2. The third kappa shape index (κ3) is 3.09. The number of carbonyl (C=O) groups is 2. The number of hydrogen-bond acceptors (Lipinski definition) is 6. The van der Waals surface area contributed by atoms with Gasteiger partial charge in [-0.05, 0) is 12.5 Å². The molecular formula is C8H10N3NaO6S. The van der Waals surface area contributed by atoms with Crippen LogP contribution in [0.1, 0.15) is 6.92 Å². The van der Waals surface area contributed by atoms with Gasteiger partial charge in [0.2, 0.25) is 16.3 Å². The fourth-order valence-electron chi connectivity index (χ4n) is 2.03. The van der Waals surface area contributed by atoms with E-state index in [9.17, 15) is 22.6 Å². The molecule has 0 saturated carbocycles. The van der Waals surface area contributed by atoms with Gasteiger partial charge in [-0.2, -0.15) is 9.35 Å². The molecule has 2 N–H and O–H groups in total. The van der Waals surface area contributed by atoms with Crippen LogP contribution in [0, 0.1) is 0 Å². The Hall–Kier alpha value is -0.650. The van der Waals surface area contributed by atoms with Gasteiger partial charge in [0.1, 0.15) is 12.1 Å². The molecule has 0 aromatic heterocycles. The van der Waals surface area contributed by atoms with Gasteiger partial charge in [0.25, 0.3) is 0 Å². The number of urea groups is 1. The number of nitrogens with two attached hydrogens (primary N) is 1. The molecule has 11 heteroatoms. The summed E-state index contributed by atoms with van der Waals surface area (Å²) >= 11 is 0. The van der Waals surface area contributed by atoms with E-state index in [1.54, 1.807) is 6.92 Å². The molecule has 2 atom stereocenters. The van der Waals surface area contributed by atoms with E-state index in [0.717, 1.165) is 4.90 Å².